The number of nitrogens with one attached hydrogen (secondary N) is 2. The fraction of sp³-hybridized carbons (Fsp3) is 0.429. The highest BCUT2D eigenvalue weighted by atomic mass is 16.2. The topological polar surface area (TPSA) is 84.2 Å². The molecular formula is C14H21N3O2. The second-order valence-corrected chi connectivity index (χ2v) is 5.16. The smallest absolute Gasteiger partial charge is 0.253 e. The van der Waals surface area contributed by atoms with Crippen molar-refractivity contribution in [3.8, 4) is 0 Å². The average Bonchev–Trinajstić information content (AvgIpc) is 2.35. The van der Waals surface area contributed by atoms with Crippen LogP contribution < -0.4 is 16.4 Å². The molecule has 0 radical (unpaired) electrons. The van der Waals surface area contributed by atoms with Crippen LogP contribution in [0.5, 0.6) is 0 Å². The van der Waals surface area contributed by atoms with E-state index >= 15 is 0 Å². The second kappa shape index (κ2) is 6.33. The molecule has 0 aliphatic heterocycles. The molecule has 1 aromatic carbocycles. The van der Waals surface area contributed by atoms with Crippen molar-refractivity contribution in [1.29, 1.82) is 0 Å². The highest BCUT2D eigenvalue weighted by molar-refractivity contribution is 6.03. The van der Waals surface area contributed by atoms with Gasteiger partial charge in [-0.15, -0.1) is 0 Å². The van der Waals surface area contributed by atoms with E-state index < -0.39 is 0 Å². The third kappa shape index (κ3) is 5.09. The van der Waals surface area contributed by atoms with E-state index in [1.807, 2.05) is 13.8 Å². The predicted octanol–water partition coefficient (Wildman–Crippen LogP) is 1.50. The summed E-state index contributed by atoms with van der Waals surface area (Å²) in [5, 5.41) is 5.28. The Labute approximate surface area is 113 Å². The van der Waals surface area contributed by atoms with Crippen molar-refractivity contribution in [2.75, 3.05) is 12.4 Å². The zero-order chi connectivity index (χ0) is 14.5. The first kappa shape index (κ1) is 15.2. The highest BCUT2D eigenvalue weighted by Crippen LogP contribution is 2.16. The Bertz CT molecular complexity index is 464. The molecule has 5 nitrogen and oxygen atoms in total. The van der Waals surface area contributed by atoms with Crippen molar-refractivity contribution >= 4 is 17.5 Å². The summed E-state index contributed by atoms with van der Waals surface area (Å²) in [5.41, 5.74) is 6.42. The van der Waals surface area contributed by atoms with Crippen LogP contribution in [0.4, 0.5) is 5.69 Å². The SMILES string of the molecule is CNC(=O)c1ccccc1NC(=O)CCC(C)(C)N. The Morgan fingerprint density at radius 1 is 1.26 bits per heavy atom. The first-order valence-corrected chi connectivity index (χ1v) is 6.23. The minimum Gasteiger partial charge on any atom is -0.355 e. The van der Waals surface area contributed by atoms with Crippen LogP contribution in [0.15, 0.2) is 24.3 Å². The number of hydrogen-bond acceptors (Lipinski definition) is 3. The van der Waals surface area contributed by atoms with Gasteiger partial charge in [-0.25, -0.2) is 0 Å². The van der Waals surface area contributed by atoms with E-state index in [2.05, 4.69) is 10.6 Å². The fourth-order valence-corrected chi connectivity index (χ4v) is 1.57. The third-order valence-corrected chi connectivity index (χ3v) is 2.67. The Kier molecular flexibility index (Phi) is 5.06. The zero-order valence-corrected chi connectivity index (χ0v) is 11.6. The maximum Gasteiger partial charge on any atom is 0.253 e. The number of benzene rings is 1. The number of rotatable bonds is 5. The van der Waals surface area contributed by atoms with Gasteiger partial charge in [0.2, 0.25) is 5.91 Å². The number of para-hydroxylation sites is 1. The summed E-state index contributed by atoms with van der Waals surface area (Å²) in [6, 6.07) is 6.90. The molecule has 0 fully saturated rings. The van der Waals surface area contributed by atoms with Crippen molar-refractivity contribution in [2.45, 2.75) is 32.2 Å². The highest BCUT2D eigenvalue weighted by Gasteiger charge is 2.15. The number of hydrogen-bond donors (Lipinski definition) is 3. The van der Waals surface area contributed by atoms with E-state index in [1.165, 1.54) is 0 Å². The van der Waals surface area contributed by atoms with Gasteiger partial charge < -0.3 is 16.4 Å². The van der Waals surface area contributed by atoms with Crippen LogP contribution >= 0.6 is 0 Å². The summed E-state index contributed by atoms with van der Waals surface area (Å²) < 4.78 is 0. The van der Waals surface area contributed by atoms with E-state index in [4.69, 9.17) is 5.73 Å². The van der Waals surface area contributed by atoms with Crippen LogP contribution in [-0.4, -0.2) is 24.4 Å². The van der Waals surface area contributed by atoms with Crippen molar-refractivity contribution in [2.24, 2.45) is 5.73 Å². The molecule has 1 rings (SSSR count). The number of nitrogens with two attached hydrogens (primary N) is 1. The molecule has 0 aliphatic rings. The molecule has 0 aliphatic carbocycles. The molecule has 4 N–H and O–H groups in total. The predicted molar refractivity (Wildman–Crippen MR) is 76.0 cm³/mol. The van der Waals surface area contributed by atoms with Crippen molar-refractivity contribution in [3.63, 3.8) is 0 Å². The van der Waals surface area contributed by atoms with Crippen LogP contribution in [0.1, 0.15) is 37.0 Å². The molecule has 0 saturated carbocycles. The molecule has 0 bridgehead atoms. The first-order valence-electron chi connectivity index (χ1n) is 6.23. The number of carbonyl (C=O) groups excluding carboxylic acids is 2. The summed E-state index contributed by atoms with van der Waals surface area (Å²) in [7, 11) is 1.55. The van der Waals surface area contributed by atoms with Crippen molar-refractivity contribution in [1.82, 2.24) is 5.32 Å². The van der Waals surface area contributed by atoms with Crippen molar-refractivity contribution in [3.05, 3.63) is 29.8 Å². The Morgan fingerprint density at radius 3 is 2.47 bits per heavy atom. The van der Waals surface area contributed by atoms with E-state index in [0.717, 1.165) is 0 Å². The van der Waals surface area contributed by atoms with E-state index in [-0.39, 0.29) is 17.4 Å². The normalized spacial score (nSPS) is 10.9. The van der Waals surface area contributed by atoms with Gasteiger partial charge >= 0.3 is 0 Å². The monoisotopic (exact) mass is 263 g/mol. The number of carbonyl (C=O) groups is 2. The lowest BCUT2D eigenvalue weighted by Crippen LogP contribution is -2.33. The fourth-order valence-electron chi connectivity index (χ4n) is 1.57. The summed E-state index contributed by atoms with van der Waals surface area (Å²) in [5.74, 6) is -0.370. The standard InChI is InChI=1S/C14H21N3O2/c1-14(2,15)9-8-12(18)17-11-7-5-4-6-10(11)13(19)16-3/h4-7H,8-9,15H2,1-3H3,(H,16,19)(H,17,18). The Hall–Kier alpha value is -1.88. The Morgan fingerprint density at radius 2 is 1.89 bits per heavy atom. The molecule has 5 heteroatoms. The van der Waals surface area contributed by atoms with Gasteiger partial charge in [-0.05, 0) is 32.4 Å². The molecular weight excluding hydrogens is 242 g/mol. The summed E-state index contributed by atoms with van der Waals surface area (Å²) >= 11 is 0. The number of anilines is 1. The molecule has 0 aromatic heterocycles. The first-order chi connectivity index (χ1) is 8.83. The van der Waals surface area contributed by atoms with E-state index in [9.17, 15) is 9.59 Å². The average molecular weight is 263 g/mol. The van der Waals surface area contributed by atoms with Gasteiger partial charge in [0, 0.05) is 19.0 Å². The minimum atomic E-state index is -0.377. The molecule has 0 atom stereocenters. The van der Waals surface area contributed by atoms with Gasteiger partial charge in [0.1, 0.15) is 0 Å². The van der Waals surface area contributed by atoms with Crippen LogP contribution in [0.3, 0.4) is 0 Å². The maximum atomic E-state index is 11.8. The Balaban J connectivity index is 2.72. The van der Waals surface area contributed by atoms with Crippen molar-refractivity contribution < 1.29 is 9.59 Å². The van der Waals surface area contributed by atoms with Crippen LogP contribution in [0, 0.1) is 0 Å². The molecule has 104 valence electrons. The lowest BCUT2D eigenvalue weighted by atomic mass is 10.00. The van der Waals surface area contributed by atoms with Crippen LogP contribution in [0.25, 0.3) is 0 Å². The quantitative estimate of drug-likeness (QED) is 0.752. The van der Waals surface area contributed by atoms with E-state index in [0.29, 0.717) is 24.1 Å². The van der Waals surface area contributed by atoms with Gasteiger partial charge in [-0.2, -0.15) is 0 Å². The molecule has 19 heavy (non-hydrogen) atoms. The minimum absolute atomic E-state index is 0.144. The van der Waals surface area contributed by atoms with Crippen LogP contribution in [-0.2, 0) is 4.79 Å². The van der Waals surface area contributed by atoms with E-state index in [1.54, 1.807) is 31.3 Å². The molecule has 0 heterocycles. The third-order valence-electron chi connectivity index (χ3n) is 2.67. The molecule has 1 aromatic rings. The van der Waals surface area contributed by atoms with Gasteiger partial charge in [-0.1, -0.05) is 12.1 Å². The van der Waals surface area contributed by atoms with Crippen LogP contribution in [0.2, 0.25) is 0 Å². The lowest BCUT2D eigenvalue weighted by Gasteiger charge is -2.18. The largest absolute Gasteiger partial charge is 0.355 e. The molecule has 0 unspecified atom stereocenters. The van der Waals surface area contributed by atoms with Gasteiger partial charge in [0.25, 0.3) is 5.91 Å². The van der Waals surface area contributed by atoms with Gasteiger partial charge in [-0.3, -0.25) is 9.59 Å². The number of amides is 2. The van der Waals surface area contributed by atoms with Gasteiger partial charge in [0.05, 0.1) is 11.3 Å². The molecule has 0 saturated heterocycles. The molecule has 0 spiro atoms. The maximum absolute atomic E-state index is 11.8. The summed E-state index contributed by atoms with van der Waals surface area (Å²) in [4.78, 5) is 23.5. The zero-order valence-electron chi connectivity index (χ0n) is 11.6. The summed E-state index contributed by atoms with van der Waals surface area (Å²) in [6.07, 6.45) is 0.909. The van der Waals surface area contributed by atoms with Gasteiger partial charge in [0.15, 0.2) is 0 Å². The second-order valence-electron chi connectivity index (χ2n) is 5.16. The molecule has 2 amide bonds. The summed E-state index contributed by atoms with van der Waals surface area (Å²) in [6.45, 7) is 3.75. The lowest BCUT2D eigenvalue weighted by molar-refractivity contribution is -0.116.